The molecule has 118 valence electrons. The highest BCUT2D eigenvalue weighted by atomic mass is 35.5. The van der Waals surface area contributed by atoms with Crippen molar-refractivity contribution >= 4 is 28.1 Å². The van der Waals surface area contributed by atoms with Gasteiger partial charge in [-0.3, -0.25) is 0 Å². The van der Waals surface area contributed by atoms with E-state index in [-0.39, 0.29) is 11.2 Å². The first kappa shape index (κ1) is 15.7. The van der Waals surface area contributed by atoms with Crippen molar-refractivity contribution in [2.45, 2.75) is 38.9 Å². The van der Waals surface area contributed by atoms with Gasteiger partial charge in [0.05, 0.1) is 16.2 Å². The maximum atomic E-state index is 6.25. The molecule has 0 atom stereocenters. The second-order valence-electron chi connectivity index (χ2n) is 6.85. The van der Waals surface area contributed by atoms with Crippen molar-refractivity contribution in [1.82, 2.24) is 10.2 Å². The Morgan fingerprint density at radius 2 is 1.73 bits per heavy atom. The van der Waals surface area contributed by atoms with Gasteiger partial charge in [0.15, 0.2) is 5.01 Å². The largest absolute Gasteiger partial charge is 0.366 e. The smallest absolute Gasteiger partial charge is 0.208 e. The number of rotatable bonds is 2. The van der Waals surface area contributed by atoms with Gasteiger partial charge in [-0.15, -0.1) is 10.2 Å². The summed E-state index contributed by atoms with van der Waals surface area (Å²) in [6.07, 6.45) is 0. The number of aromatic nitrogens is 2. The van der Waals surface area contributed by atoms with Crippen molar-refractivity contribution in [3.8, 4) is 10.6 Å². The van der Waals surface area contributed by atoms with Gasteiger partial charge in [0.25, 0.3) is 0 Å². The van der Waals surface area contributed by atoms with Gasteiger partial charge in [0, 0.05) is 18.7 Å². The molecule has 0 radical (unpaired) electrons. The number of morpholine rings is 1. The van der Waals surface area contributed by atoms with E-state index in [0.717, 1.165) is 28.8 Å². The first-order valence-electron chi connectivity index (χ1n) is 7.29. The zero-order chi connectivity index (χ0) is 16.0. The lowest BCUT2D eigenvalue weighted by Gasteiger charge is -2.46. The van der Waals surface area contributed by atoms with Crippen LogP contribution in [-0.2, 0) is 4.74 Å². The monoisotopic (exact) mass is 337 g/mol. The summed E-state index contributed by atoms with van der Waals surface area (Å²) in [7, 11) is 0. The van der Waals surface area contributed by atoms with Crippen molar-refractivity contribution < 1.29 is 4.74 Å². The first-order valence-corrected chi connectivity index (χ1v) is 8.49. The number of benzene rings is 1. The lowest BCUT2D eigenvalue weighted by Crippen LogP contribution is -2.57. The van der Waals surface area contributed by atoms with E-state index >= 15 is 0 Å². The van der Waals surface area contributed by atoms with E-state index in [1.165, 1.54) is 0 Å². The van der Waals surface area contributed by atoms with Crippen molar-refractivity contribution in [3.63, 3.8) is 0 Å². The summed E-state index contributed by atoms with van der Waals surface area (Å²) in [6, 6.07) is 7.72. The second kappa shape index (κ2) is 5.48. The van der Waals surface area contributed by atoms with E-state index in [1.807, 2.05) is 24.3 Å². The molecule has 0 saturated carbocycles. The highest BCUT2D eigenvalue weighted by molar-refractivity contribution is 7.18. The SMILES string of the molecule is CC1(C)CN(c2nnc(-c3ccccc3Cl)s2)CC(C)(C)O1. The third-order valence-electron chi connectivity index (χ3n) is 3.48. The fraction of sp³-hybridized carbons (Fsp3) is 0.500. The Morgan fingerprint density at radius 1 is 1.09 bits per heavy atom. The maximum Gasteiger partial charge on any atom is 0.208 e. The van der Waals surface area contributed by atoms with E-state index in [4.69, 9.17) is 16.3 Å². The average Bonchev–Trinajstić information content (AvgIpc) is 2.85. The molecular formula is C16H20ClN3OS. The number of ether oxygens (including phenoxy) is 1. The normalized spacial score (nSPS) is 20.1. The maximum absolute atomic E-state index is 6.25. The molecule has 1 aromatic carbocycles. The Kier molecular flexibility index (Phi) is 3.91. The standard InChI is InChI=1S/C16H20ClN3OS/c1-15(2)9-20(10-16(3,4)21-15)14-19-18-13(22-14)11-7-5-6-8-12(11)17/h5-8H,9-10H2,1-4H3. The van der Waals surface area contributed by atoms with E-state index in [0.29, 0.717) is 5.02 Å². The summed E-state index contributed by atoms with van der Waals surface area (Å²) >= 11 is 7.82. The van der Waals surface area contributed by atoms with Crippen LogP contribution in [0.5, 0.6) is 0 Å². The van der Waals surface area contributed by atoms with Crippen LogP contribution in [0.15, 0.2) is 24.3 Å². The molecule has 1 aliphatic rings. The van der Waals surface area contributed by atoms with E-state index < -0.39 is 0 Å². The highest BCUT2D eigenvalue weighted by Crippen LogP contribution is 2.36. The molecule has 0 spiro atoms. The van der Waals surface area contributed by atoms with Crippen LogP contribution in [-0.4, -0.2) is 34.5 Å². The van der Waals surface area contributed by atoms with Crippen LogP contribution >= 0.6 is 22.9 Å². The summed E-state index contributed by atoms with van der Waals surface area (Å²) in [4.78, 5) is 2.25. The molecule has 6 heteroatoms. The molecule has 3 rings (SSSR count). The topological polar surface area (TPSA) is 38.2 Å². The van der Waals surface area contributed by atoms with Crippen molar-refractivity contribution in [2.75, 3.05) is 18.0 Å². The quantitative estimate of drug-likeness (QED) is 0.821. The molecule has 0 N–H and O–H groups in total. The average molecular weight is 338 g/mol. The summed E-state index contributed by atoms with van der Waals surface area (Å²) in [5.74, 6) is 0. The molecule has 0 unspecified atom stereocenters. The van der Waals surface area contributed by atoms with Crippen LogP contribution in [0, 0.1) is 0 Å². The van der Waals surface area contributed by atoms with Crippen molar-refractivity contribution in [2.24, 2.45) is 0 Å². The number of halogens is 1. The number of hydrogen-bond donors (Lipinski definition) is 0. The minimum absolute atomic E-state index is 0.210. The van der Waals surface area contributed by atoms with Crippen LogP contribution in [0.25, 0.3) is 10.6 Å². The third kappa shape index (κ3) is 3.26. The fourth-order valence-corrected chi connectivity index (χ4v) is 4.17. The Hall–Kier alpha value is -1.17. The van der Waals surface area contributed by atoms with Gasteiger partial charge >= 0.3 is 0 Å². The van der Waals surface area contributed by atoms with Gasteiger partial charge < -0.3 is 9.64 Å². The Labute approximate surface area is 140 Å². The lowest BCUT2D eigenvalue weighted by atomic mass is 9.99. The van der Waals surface area contributed by atoms with Gasteiger partial charge in [-0.25, -0.2) is 0 Å². The van der Waals surface area contributed by atoms with Gasteiger partial charge in [0.1, 0.15) is 0 Å². The van der Waals surface area contributed by atoms with Crippen LogP contribution < -0.4 is 4.90 Å². The van der Waals surface area contributed by atoms with E-state index in [2.05, 4.69) is 42.8 Å². The molecule has 2 aromatic rings. The van der Waals surface area contributed by atoms with Gasteiger partial charge in [-0.1, -0.05) is 41.1 Å². The summed E-state index contributed by atoms with van der Waals surface area (Å²) in [5, 5.41) is 11.2. The van der Waals surface area contributed by atoms with Crippen molar-refractivity contribution in [1.29, 1.82) is 0 Å². The molecule has 0 aliphatic carbocycles. The molecule has 0 amide bonds. The molecule has 1 aromatic heterocycles. The zero-order valence-corrected chi connectivity index (χ0v) is 14.8. The van der Waals surface area contributed by atoms with E-state index in [1.54, 1.807) is 11.3 Å². The molecule has 0 bridgehead atoms. The predicted molar refractivity (Wildman–Crippen MR) is 91.8 cm³/mol. The van der Waals surface area contributed by atoms with E-state index in [9.17, 15) is 0 Å². The Balaban J connectivity index is 1.89. The Morgan fingerprint density at radius 3 is 2.36 bits per heavy atom. The predicted octanol–water partition coefficient (Wildman–Crippen LogP) is 4.25. The second-order valence-corrected chi connectivity index (χ2v) is 8.21. The van der Waals surface area contributed by atoms with Crippen LogP contribution in [0.2, 0.25) is 5.02 Å². The third-order valence-corrected chi connectivity index (χ3v) is 4.83. The van der Waals surface area contributed by atoms with Gasteiger partial charge in [0.2, 0.25) is 5.13 Å². The number of anilines is 1. The highest BCUT2D eigenvalue weighted by Gasteiger charge is 2.39. The fourth-order valence-electron chi connectivity index (χ4n) is 3.01. The molecule has 1 saturated heterocycles. The minimum atomic E-state index is -0.210. The number of nitrogens with zero attached hydrogens (tertiary/aromatic N) is 3. The molecule has 1 fully saturated rings. The van der Waals surface area contributed by atoms with Crippen LogP contribution in [0.3, 0.4) is 0 Å². The molecule has 1 aliphatic heterocycles. The van der Waals surface area contributed by atoms with Crippen molar-refractivity contribution in [3.05, 3.63) is 29.3 Å². The molecule has 4 nitrogen and oxygen atoms in total. The lowest BCUT2D eigenvalue weighted by molar-refractivity contribution is -0.133. The Bertz CT molecular complexity index is 668. The van der Waals surface area contributed by atoms with Gasteiger partial charge in [-0.2, -0.15) is 0 Å². The molecular weight excluding hydrogens is 318 g/mol. The molecule has 22 heavy (non-hydrogen) atoms. The summed E-state index contributed by atoms with van der Waals surface area (Å²) in [5.41, 5.74) is 0.510. The number of hydrogen-bond acceptors (Lipinski definition) is 5. The van der Waals surface area contributed by atoms with Gasteiger partial charge in [-0.05, 0) is 33.8 Å². The van der Waals surface area contributed by atoms with Crippen LogP contribution in [0.4, 0.5) is 5.13 Å². The first-order chi connectivity index (χ1) is 10.3. The zero-order valence-electron chi connectivity index (χ0n) is 13.3. The summed E-state index contributed by atoms with van der Waals surface area (Å²) in [6.45, 7) is 10.0. The summed E-state index contributed by atoms with van der Waals surface area (Å²) < 4.78 is 6.12. The molecule has 2 heterocycles. The minimum Gasteiger partial charge on any atom is -0.366 e. The van der Waals surface area contributed by atoms with Crippen LogP contribution in [0.1, 0.15) is 27.7 Å².